The van der Waals surface area contributed by atoms with Gasteiger partial charge in [0.05, 0.1) is 10.2 Å². The highest BCUT2D eigenvalue weighted by Gasteiger charge is 2.23. The Morgan fingerprint density at radius 3 is 1.36 bits per heavy atom. The van der Waals surface area contributed by atoms with Gasteiger partial charge in [0.25, 0.3) is 16.7 Å². The third-order valence-electron chi connectivity index (χ3n) is 8.98. The topological polar surface area (TPSA) is 220 Å². The summed E-state index contributed by atoms with van der Waals surface area (Å²) in [7, 11) is 4.82. The maximum absolute atomic E-state index is 12.5. The van der Waals surface area contributed by atoms with Gasteiger partial charge in [-0.2, -0.15) is 0 Å². The Hall–Kier alpha value is -3.26. The van der Waals surface area contributed by atoms with E-state index in [1.165, 1.54) is 22.7 Å². The second-order valence-corrected chi connectivity index (χ2v) is 16.6. The number of aliphatic imine (C=N–C) groups is 1. The molecule has 6 rings (SSSR count). The summed E-state index contributed by atoms with van der Waals surface area (Å²) in [5.74, 6) is 0.423. The van der Waals surface area contributed by atoms with Crippen molar-refractivity contribution in [3.63, 3.8) is 0 Å². The molecule has 0 atom stereocenters. The predicted molar refractivity (Wildman–Crippen MR) is 244 cm³/mol. The van der Waals surface area contributed by atoms with Gasteiger partial charge in [0, 0.05) is 73.5 Å². The maximum Gasteiger partial charge on any atom is 0.332 e. The minimum Gasteiger partial charge on any atom is -0.396 e. The average molecular weight is 1120 g/mol. The summed E-state index contributed by atoms with van der Waals surface area (Å²) in [6.07, 6.45) is 2.91. The molecule has 0 spiro atoms. The number of hydrogen-bond acceptors (Lipinski definition) is 11. The molecule has 1 aliphatic heterocycles. The Labute approximate surface area is 371 Å². The van der Waals surface area contributed by atoms with Crippen molar-refractivity contribution in [3.05, 3.63) is 77.5 Å². The van der Waals surface area contributed by atoms with Crippen LogP contribution in [0, 0.1) is 0 Å². The average Bonchev–Trinajstić information content (AvgIpc) is 3.88. The molecule has 0 saturated heterocycles. The smallest absolute Gasteiger partial charge is 0.332 e. The molecule has 0 amide bonds. The first kappa shape index (κ1) is 49.1. The molecule has 2 N–H and O–H groups in total. The normalized spacial score (nSPS) is 11.8. The summed E-state index contributed by atoms with van der Waals surface area (Å²) in [6.45, 7) is 9.94. The van der Waals surface area contributed by atoms with Crippen molar-refractivity contribution in [2.24, 2.45) is 26.1 Å². The van der Waals surface area contributed by atoms with E-state index >= 15 is 0 Å². The van der Waals surface area contributed by atoms with Gasteiger partial charge in [-0.05, 0) is 85.3 Å². The summed E-state index contributed by atoms with van der Waals surface area (Å²) in [5.41, 5.74) is 0.138. The summed E-state index contributed by atoms with van der Waals surface area (Å²) < 4.78 is 14.2. The highest BCUT2D eigenvalue weighted by molar-refractivity contribution is 14.1. The molecule has 0 saturated carbocycles. The lowest BCUT2D eigenvalue weighted by Crippen LogP contribution is -2.40. The highest BCUT2D eigenvalue weighted by atomic mass is 127. The Bertz CT molecular complexity index is 2520. The zero-order chi connectivity index (χ0) is 43.6. The number of aromatic nitrogens is 10. The molecular formula is C35H49Br3IN11O8. The number of nitrogens with zero attached hydrogens (tertiary/aromatic N) is 11. The third kappa shape index (κ3) is 10.4. The monoisotopic (exact) mass is 1120 g/mol. The number of halogens is 4. The molecule has 19 nitrogen and oxygen atoms in total. The van der Waals surface area contributed by atoms with Crippen LogP contribution in [0.2, 0.25) is 0 Å². The van der Waals surface area contributed by atoms with Crippen molar-refractivity contribution in [2.75, 3.05) is 17.6 Å². The van der Waals surface area contributed by atoms with E-state index in [1.807, 2.05) is 20.8 Å². The number of aliphatic hydroxyl groups is 2. The number of alkyl halides is 1. The SMILES string of the molecule is CCCCn1c(=O)c2c(nc(Br)n2CC)n(C)c1=O.CCI.CCn1c(Br)nc2c1c(=O)n(CCCO)c(=O)n2C.Cn1c2c(c(=O)n(CCCO)c1=O)CC(Br)=N2. The van der Waals surface area contributed by atoms with Crippen molar-refractivity contribution in [2.45, 2.75) is 92.5 Å². The number of unbranched alkanes of at least 4 members (excludes halogenated alkanes) is 1. The van der Waals surface area contributed by atoms with Gasteiger partial charge in [-0.3, -0.25) is 41.8 Å². The number of hydrogen-bond donors (Lipinski definition) is 2. The molecule has 5 aromatic rings. The zero-order valence-electron chi connectivity index (χ0n) is 33.5. The van der Waals surface area contributed by atoms with Gasteiger partial charge in [-0.25, -0.2) is 29.3 Å². The van der Waals surface area contributed by atoms with E-state index in [2.05, 4.69) is 92.3 Å². The first-order chi connectivity index (χ1) is 27.5. The summed E-state index contributed by atoms with van der Waals surface area (Å²) in [4.78, 5) is 85.7. The van der Waals surface area contributed by atoms with Gasteiger partial charge in [-0.15, -0.1) is 0 Å². The summed E-state index contributed by atoms with van der Waals surface area (Å²) >= 11 is 12.1. The van der Waals surface area contributed by atoms with Crippen LogP contribution in [0.3, 0.4) is 0 Å². The highest BCUT2D eigenvalue weighted by Crippen LogP contribution is 2.23. The van der Waals surface area contributed by atoms with Crippen molar-refractivity contribution in [3.8, 4) is 0 Å². The number of aliphatic hydroxyl groups excluding tert-OH is 2. The van der Waals surface area contributed by atoms with Gasteiger partial charge in [-0.1, -0.05) is 42.9 Å². The summed E-state index contributed by atoms with van der Waals surface area (Å²) in [6, 6.07) is 0. The molecule has 0 unspecified atom stereocenters. The van der Waals surface area contributed by atoms with Gasteiger partial charge in [0.15, 0.2) is 31.8 Å². The largest absolute Gasteiger partial charge is 0.396 e. The molecule has 0 aromatic carbocycles. The Balaban J connectivity index is 0.000000225. The van der Waals surface area contributed by atoms with E-state index < -0.39 is 11.4 Å². The van der Waals surface area contributed by atoms with Gasteiger partial charge in [0.2, 0.25) is 0 Å². The van der Waals surface area contributed by atoms with Crippen molar-refractivity contribution >= 4 is 103 Å². The number of fused-ring (bicyclic) bond motifs is 3. The van der Waals surface area contributed by atoms with E-state index in [0.29, 0.717) is 86.7 Å². The molecule has 0 radical (unpaired) electrons. The molecule has 0 fully saturated rings. The number of aryl methyl sites for hydroxylation is 4. The molecule has 58 heavy (non-hydrogen) atoms. The fourth-order valence-electron chi connectivity index (χ4n) is 6.05. The molecule has 0 aliphatic carbocycles. The van der Waals surface area contributed by atoms with Crippen LogP contribution >= 0.6 is 70.4 Å². The number of imidazole rings is 2. The second-order valence-electron chi connectivity index (χ2n) is 12.7. The molecule has 1 aliphatic rings. The van der Waals surface area contributed by atoms with Gasteiger partial charge in [0.1, 0.15) is 5.82 Å². The fraction of sp³-hybridized carbons (Fsp3) is 0.571. The van der Waals surface area contributed by atoms with Crippen LogP contribution in [0.1, 0.15) is 58.9 Å². The molecule has 5 aromatic heterocycles. The second kappa shape index (κ2) is 22.4. The van der Waals surface area contributed by atoms with Crippen molar-refractivity contribution < 1.29 is 10.2 Å². The van der Waals surface area contributed by atoms with Crippen molar-refractivity contribution in [1.82, 2.24) is 46.5 Å². The zero-order valence-corrected chi connectivity index (χ0v) is 40.4. The van der Waals surface area contributed by atoms with E-state index in [4.69, 9.17) is 10.2 Å². The molecule has 23 heteroatoms. The third-order valence-corrected chi connectivity index (χ3v) is 10.6. The standard InChI is InChI=1S/C12H17BrN4O2.C11H15BrN4O3.C10H12BrN3O3.C2H5I/c1-4-6-7-17-10(18)8-9(15(3)12(17)19)14-11(13)16(8)5-2;1-3-15-7-8(13-10(15)12)14(2)11(19)16(9(7)18)5-4-6-17;1-13-8-6(5-7(11)12-8)9(16)14(10(13)17)3-2-4-15;1-2-3/h4-7H2,1-3H3;17H,3-6H2,1-2H3;15H,2-5H2,1H3;2H2,1H3. The van der Waals surface area contributed by atoms with Crippen LogP contribution in [-0.4, -0.2) is 79.0 Å². The fourth-order valence-corrected chi connectivity index (χ4v) is 7.69. The van der Waals surface area contributed by atoms with Crippen LogP contribution in [0.25, 0.3) is 22.3 Å². The van der Waals surface area contributed by atoms with Crippen LogP contribution in [0.15, 0.2) is 43.2 Å². The molecule has 0 bridgehead atoms. The van der Waals surface area contributed by atoms with Crippen LogP contribution in [0.5, 0.6) is 0 Å². The Kier molecular flexibility index (Phi) is 18.9. The van der Waals surface area contributed by atoms with Gasteiger partial charge >= 0.3 is 17.1 Å². The molecule has 6 heterocycles. The summed E-state index contributed by atoms with van der Waals surface area (Å²) in [5, 5.41) is 17.6. The maximum atomic E-state index is 12.5. The van der Waals surface area contributed by atoms with Crippen LogP contribution < -0.4 is 33.7 Å². The van der Waals surface area contributed by atoms with E-state index in [1.54, 1.807) is 30.3 Å². The quantitative estimate of drug-likeness (QED) is 0.112. The van der Waals surface area contributed by atoms with E-state index in [9.17, 15) is 28.8 Å². The molecule has 320 valence electrons. The minimum absolute atomic E-state index is 0.0487. The lowest BCUT2D eigenvalue weighted by atomic mass is 10.2. The lowest BCUT2D eigenvalue weighted by Gasteiger charge is -2.09. The van der Waals surface area contributed by atoms with Gasteiger partial charge < -0.3 is 19.3 Å². The molecular weight excluding hydrogens is 1070 g/mol. The van der Waals surface area contributed by atoms with Crippen LogP contribution in [0.4, 0.5) is 5.82 Å². The first-order valence-electron chi connectivity index (χ1n) is 18.6. The Morgan fingerprint density at radius 2 is 0.983 bits per heavy atom. The lowest BCUT2D eigenvalue weighted by molar-refractivity contribution is 0.277. The van der Waals surface area contributed by atoms with Crippen LogP contribution in [-0.2, 0) is 60.3 Å². The predicted octanol–water partition coefficient (Wildman–Crippen LogP) is 2.89. The Morgan fingerprint density at radius 1 is 0.603 bits per heavy atom. The van der Waals surface area contributed by atoms with E-state index in [0.717, 1.165) is 22.0 Å². The first-order valence-corrected chi connectivity index (χ1v) is 22.5. The minimum atomic E-state index is -0.417. The van der Waals surface area contributed by atoms with Crippen molar-refractivity contribution in [1.29, 1.82) is 0 Å². The van der Waals surface area contributed by atoms with E-state index in [-0.39, 0.29) is 48.7 Å². The number of rotatable bonds is 11.